The smallest absolute Gasteiger partial charge is 0.254 e. The number of fused-ring (bicyclic) bond motifs is 1. The van der Waals surface area contributed by atoms with Gasteiger partial charge in [0, 0.05) is 17.7 Å². The number of carbonyl (C=O) groups excluding carboxylic acids is 1. The Balaban J connectivity index is 1.78. The minimum Gasteiger partial charge on any atom is -0.497 e. The largest absolute Gasteiger partial charge is 0.497 e. The Morgan fingerprint density at radius 3 is 2.80 bits per heavy atom. The predicted molar refractivity (Wildman–Crippen MR) is 72.7 cm³/mol. The van der Waals surface area contributed by atoms with Gasteiger partial charge in [0.2, 0.25) is 0 Å². The molecule has 2 aromatic rings. The summed E-state index contributed by atoms with van der Waals surface area (Å²) >= 11 is 0. The summed E-state index contributed by atoms with van der Waals surface area (Å²) < 4.78 is 10.4. The summed E-state index contributed by atoms with van der Waals surface area (Å²) in [5.41, 5.74) is 2.73. The molecule has 0 fully saturated rings. The summed E-state index contributed by atoms with van der Waals surface area (Å²) in [5.74, 6) is 1.55. The topological polar surface area (TPSA) is 55.6 Å². The first-order chi connectivity index (χ1) is 9.69. The van der Waals surface area contributed by atoms with Crippen LogP contribution in [0.1, 0.15) is 27.4 Å². The molecule has 1 aromatic heterocycles. The molecule has 1 aromatic carbocycles. The van der Waals surface area contributed by atoms with Crippen molar-refractivity contribution in [3.05, 3.63) is 46.8 Å². The van der Waals surface area contributed by atoms with Gasteiger partial charge in [0.05, 0.1) is 19.3 Å². The van der Waals surface area contributed by atoms with E-state index in [4.69, 9.17) is 9.26 Å². The van der Waals surface area contributed by atoms with Crippen LogP contribution in [0.4, 0.5) is 0 Å². The third-order valence-electron chi connectivity index (χ3n) is 3.66. The van der Waals surface area contributed by atoms with Gasteiger partial charge < -0.3 is 14.2 Å². The van der Waals surface area contributed by atoms with Crippen LogP contribution >= 0.6 is 0 Å². The van der Waals surface area contributed by atoms with Gasteiger partial charge in [-0.15, -0.1) is 0 Å². The minimum atomic E-state index is 0.00681. The van der Waals surface area contributed by atoms with E-state index in [2.05, 4.69) is 5.16 Å². The molecule has 0 aliphatic carbocycles. The third kappa shape index (κ3) is 2.15. The van der Waals surface area contributed by atoms with Crippen molar-refractivity contribution in [3.63, 3.8) is 0 Å². The summed E-state index contributed by atoms with van der Waals surface area (Å²) in [6, 6.07) is 7.15. The van der Waals surface area contributed by atoms with Crippen molar-refractivity contribution in [2.75, 3.05) is 13.7 Å². The van der Waals surface area contributed by atoms with Crippen LogP contribution in [0.3, 0.4) is 0 Å². The summed E-state index contributed by atoms with van der Waals surface area (Å²) in [6.07, 6.45) is 0.798. The summed E-state index contributed by atoms with van der Waals surface area (Å²) in [5, 5.41) is 3.96. The maximum Gasteiger partial charge on any atom is 0.254 e. The van der Waals surface area contributed by atoms with Gasteiger partial charge in [-0.2, -0.15) is 0 Å². The van der Waals surface area contributed by atoms with Crippen LogP contribution in [0.25, 0.3) is 0 Å². The fourth-order valence-corrected chi connectivity index (χ4v) is 2.47. The van der Waals surface area contributed by atoms with Crippen LogP contribution < -0.4 is 4.74 Å². The highest BCUT2D eigenvalue weighted by molar-refractivity contribution is 5.94. The van der Waals surface area contributed by atoms with Gasteiger partial charge in [0.1, 0.15) is 5.75 Å². The quantitative estimate of drug-likeness (QED) is 0.841. The monoisotopic (exact) mass is 272 g/mol. The van der Waals surface area contributed by atoms with Crippen molar-refractivity contribution in [3.8, 4) is 5.75 Å². The van der Waals surface area contributed by atoms with E-state index in [9.17, 15) is 4.79 Å². The Hall–Kier alpha value is -2.30. The van der Waals surface area contributed by atoms with E-state index >= 15 is 0 Å². The normalized spacial score (nSPS) is 14.0. The van der Waals surface area contributed by atoms with Gasteiger partial charge >= 0.3 is 0 Å². The number of nitrogens with zero attached hydrogens (tertiary/aromatic N) is 2. The highest BCUT2D eigenvalue weighted by Gasteiger charge is 2.26. The van der Waals surface area contributed by atoms with Gasteiger partial charge in [0.25, 0.3) is 5.91 Å². The second-order valence-electron chi connectivity index (χ2n) is 4.87. The zero-order valence-corrected chi connectivity index (χ0v) is 11.5. The number of amides is 1. The lowest BCUT2D eigenvalue weighted by Gasteiger charge is -2.25. The van der Waals surface area contributed by atoms with Crippen molar-refractivity contribution < 1.29 is 14.1 Å². The molecule has 0 saturated carbocycles. The number of ether oxygens (including phenoxy) is 1. The molecule has 0 saturated heterocycles. The number of benzene rings is 1. The number of rotatable bonds is 2. The van der Waals surface area contributed by atoms with Crippen molar-refractivity contribution in [2.45, 2.75) is 19.9 Å². The summed E-state index contributed by atoms with van der Waals surface area (Å²) in [4.78, 5) is 14.2. The van der Waals surface area contributed by atoms with E-state index in [1.807, 2.05) is 6.92 Å². The van der Waals surface area contributed by atoms with Gasteiger partial charge in [-0.3, -0.25) is 4.79 Å². The Morgan fingerprint density at radius 2 is 2.10 bits per heavy atom. The fourth-order valence-electron chi connectivity index (χ4n) is 2.47. The number of aryl methyl sites for hydroxylation is 1. The first-order valence-electron chi connectivity index (χ1n) is 6.56. The van der Waals surface area contributed by atoms with Crippen LogP contribution in [0.5, 0.6) is 5.75 Å². The van der Waals surface area contributed by atoms with E-state index in [0.717, 1.165) is 29.2 Å². The van der Waals surface area contributed by atoms with Crippen LogP contribution in [0.15, 0.2) is 28.8 Å². The van der Waals surface area contributed by atoms with Crippen molar-refractivity contribution in [1.82, 2.24) is 10.1 Å². The van der Waals surface area contributed by atoms with E-state index in [-0.39, 0.29) is 5.91 Å². The summed E-state index contributed by atoms with van der Waals surface area (Å²) in [6.45, 7) is 3.12. The Morgan fingerprint density at radius 1 is 1.35 bits per heavy atom. The van der Waals surface area contributed by atoms with Crippen LogP contribution in [0.2, 0.25) is 0 Å². The van der Waals surface area contributed by atoms with Crippen molar-refractivity contribution >= 4 is 5.91 Å². The van der Waals surface area contributed by atoms with Crippen LogP contribution in [0, 0.1) is 6.92 Å². The van der Waals surface area contributed by atoms with Gasteiger partial charge in [-0.05, 0) is 37.6 Å². The Bertz CT molecular complexity index is 631. The second kappa shape index (κ2) is 5.00. The first-order valence-corrected chi connectivity index (χ1v) is 6.56. The molecule has 0 unspecified atom stereocenters. The van der Waals surface area contributed by atoms with Gasteiger partial charge in [0.15, 0.2) is 5.76 Å². The molecule has 0 spiro atoms. The standard InChI is InChI=1S/C15H16N2O3/c1-10-13-7-8-17(9-14(13)20-16-10)15(18)11-3-5-12(19-2)6-4-11/h3-6H,7-9H2,1-2H3. The number of hydrogen-bond donors (Lipinski definition) is 0. The molecule has 104 valence electrons. The van der Waals surface area contributed by atoms with Gasteiger partial charge in [-0.25, -0.2) is 0 Å². The number of methoxy groups -OCH3 is 1. The number of aromatic nitrogens is 1. The molecule has 1 amide bonds. The zero-order valence-electron chi connectivity index (χ0n) is 11.5. The highest BCUT2D eigenvalue weighted by Crippen LogP contribution is 2.23. The lowest BCUT2D eigenvalue weighted by Crippen LogP contribution is -2.35. The molecule has 2 heterocycles. The first kappa shape index (κ1) is 12.7. The molecule has 0 radical (unpaired) electrons. The average Bonchev–Trinajstić information content (AvgIpc) is 2.87. The van der Waals surface area contributed by atoms with E-state index < -0.39 is 0 Å². The van der Waals surface area contributed by atoms with E-state index in [1.165, 1.54) is 0 Å². The molecule has 3 rings (SSSR count). The van der Waals surface area contributed by atoms with Crippen LogP contribution in [-0.2, 0) is 13.0 Å². The van der Waals surface area contributed by atoms with Crippen molar-refractivity contribution in [1.29, 1.82) is 0 Å². The van der Waals surface area contributed by atoms with Crippen molar-refractivity contribution in [2.24, 2.45) is 0 Å². The molecule has 0 bridgehead atoms. The molecular weight excluding hydrogens is 256 g/mol. The highest BCUT2D eigenvalue weighted by atomic mass is 16.5. The molecule has 5 nitrogen and oxygen atoms in total. The minimum absolute atomic E-state index is 0.00681. The molecule has 0 N–H and O–H groups in total. The SMILES string of the molecule is COc1ccc(C(=O)N2CCc3c(C)noc3C2)cc1. The fraction of sp³-hybridized carbons (Fsp3) is 0.333. The number of carbonyl (C=O) groups is 1. The molecular formula is C15H16N2O3. The molecule has 20 heavy (non-hydrogen) atoms. The Labute approximate surface area is 117 Å². The number of hydrogen-bond acceptors (Lipinski definition) is 4. The maximum atomic E-state index is 12.4. The lowest BCUT2D eigenvalue weighted by molar-refractivity contribution is 0.0716. The second-order valence-corrected chi connectivity index (χ2v) is 4.87. The summed E-state index contributed by atoms with van der Waals surface area (Å²) in [7, 11) is 1.61. The predicted octanol–water partition coefficient (Wildman–Crippen LogP) is 2.19. The Kier molecular flexibility index (Phi) is 3.18. The molecule has 5 heteroatoms. The van der Waals surface area contributed by atoms with Gasteiger partial charge in [-0.1, -0.05) is 5.16 Å². The molecule has 0 atom stereocenters. The van der Waals surface area contributed by atoms with E-state index in [1.54, 1.807) is 36.3 Å². The average molecular weight is 272 g/mol. The third-order valence-corrected chi connectivity index (χ3v) is 3.66. The molecule has 1 aliphatic heterocycles. The zero-order chi connectivity index (χ0) is 14.1. The molecule has 1 aliphatic rings. The van der Waals surface area contributed by atoms with Crippen LogP contribution in [-0.4, -0.2) is 29.6 Å². The lowest BCUT2D eigenvalue weighted by atomic mass is 10.0. The van der Waals surface area contributed by atoms with E-state index in [0.29, 0.717) is 18.7 Å². The maximum absolute atomic E-state index is 12.4.